The molecule has 2 fully saturated rings. The number of nitrogens with one attached hydrogen (secondary N) is 1. The summed E-state index contributed by atoms with van der Waals surface area (Å²) in [6.07, 6.45) is 3.19. The van der Waals surface area contributed by atoms with Crippen molar-refractivity contribution >= 4 is 5.91 Å². The second-order valence-electron chi connectivity index (χ2n) is 4.06. The Kier molecular flexibility index (Phi) is 2.51. The molecule has 3 N–H and O–H groups in total. The Bertz CT molecular complexity index is 201. The molecule has 0 radical (unpaired) electrons. The van der Waals surface area contributed by atoms with E-state index < -0.39 is 0 Å². The molecule has 0 aromatic carbocycles. The van der Waals surface area contributed by atoms with Gasteiger partial charge in [-0.25, -0.2) is 0 Å². The maximum atomic E-state index is 11.2. The third-order valence-electron chi connectivity index (χ3n) is 2.96. The highest BCUT2D eigenvalue weighted by molar-refractivity contribution is 5.78. The molecule has 1 aliphatic carbocycles. The molecular weight excluding hydrogens is 166 g/mol. The fourth-order valence-corrected chi connectivity index (χ4v) is 2.07. The Balaban J connectivity index is 1.86. The summed E-state index contributed by atoms with van der Waals surface area (Å²) >= 11 is 0. The summed E-state index contributed by atoms with van der Waals surface area (Å²) < 4.78 is 0. The number of nitrogens with two attached hydrogens (primary N) is 1. The van der Waals surface area contributed by atoms with E-state index in [1.165, 1.54) is 0 Å². The first-order valence-corrected chi connectivity index (χ1v) is 5.02. The molecule has 2 rings (SSSR count). The van der Waals surface area contributed by atoms with Crippen molar-refractivity contribution in [3.8, 4) is 0 Å². The largest absolute Gasteiger partial charge is 0.355 e. The van der Waals surface area contributed by atoms with Crippen LogP contribution in [0, 0.1) is 0 Å². The summed E-state index contributed by atoms with van der Waals surface area (Å²) in [6, 6.07) is 0.940. The number of hydrogen-bond acceptors (Lipinski definition) is 3. The average molecular weight is 183 g/mol. The van der Waals surface area contributed by atoms with Crippen LogP contribution in [-0.4, -0.2) is 42.5 Å². The van der Waals surface area contributed by atoms with Crippen LogP contribution in [0.5, 0.6) is 0 Å². The van der Waals surface area contributed by atoms with E-state index in [4.69, 9.17) is 5.73 Å². The average Bonchev–Trinajstić information content (AvgIpc) is 2.24. The van der Waals surface area contributed by atoms with Crippen molar-refractivity contribution in [1.29, 1.82) is 0 Å². The van der Waals surface area contributed by atoms with E-state index in [1.807, 2.05) is 0 Å². The van der Waals surface area contributed by atoms with Crippen molar-refractivity contribution < 1.29 is 4.79 Å². The van der Waals surface area contributed by atoms with Gasteiger partial charge in [0.15, 0.2) is 0 Å². The van der Waals surface area contributed by atoms with Crippen LogP contribution >= 0.6 is 0 Å². The number of nitrogens with zero attached hydrogens (tertiary/aromatic N) is 1. The first-order chi connectivity index (χ1) is 6.25. The quantitative estimate of drug-likeness (QED) is 0.565. The SMILES string of the molecule is NC1CC(N2CCCNC(=O)C2)C1. The minimum Gasteiger partial charge on any atom is -0.355 e. The third-order valence-corrected chi connectivity index (χ3v) is 2.96. The summed E-state index contributed by atoms with van der Waals surface area (Å²) in [7, 11) is 0. The summed E-state index contributed by atoms with van der Waals surface area (Å²) in [6.45, 7) is 2.43. The van der Waals surface area contributed by atoms with E-state index in [1.54, 1.807) is 0 Å². The molecule has 1 amide bonds. The number of carbonyl (C=O) groups is 1. The molecule has 2 aliphatic rings. The highest BCUT2D eigenvalue weighted by Crippen LogP contribution is 2.24. The lowest BCUT2D eigenvalue weighted by molar-refractivity contribution is -0.122. The van der Waals surface area contributed by atoms with E-state index in [2.05, 4.69) is 10.2 Å². The summed E-state index contributed by atoms with van der Waals surface area (Å²) in [5, 5.41) is 2.88. The van der Waals surface area contributed by atoms with E-state index in [-0.39, 0.29) is 5.91 Å². The fourth-order valence-electron chi connectivity index (χ4n) is 2.07. The highest BCUT2D eigenvalue weighted by atomic mass is 16.2. The summed E-state index contributed by atoms with van der Waals surface area (Å²) in [5.41, 5.74) is 5.72. The molecule has 0 atom stereocenters. The Hall–Kier alpha value is -0.610. The molecule has 1 aliphatic heterocycles. The van der Waals surface area contributed by atoms with Gasteiger partial charge in [-0.05, 0) is 19.3 Å². The third kappa shape index (κ3) is 2.00. The summed E-state index contributed by atoms with van der Waals surface area (Å²) in [4.78, 5) is 13.5. The number of carbonyl (C=O) groups excluding carboxylic acids is 1. The van der Waals surface area contributed by atoms with Crippen molar-refractivity contribution in [3.63, 3.8) is 0 Å². The van der Waals surface area contributed by atoms with Gasteiger partial charge in [0.1, 0.15) is 0 Å². The van der Waals surface area contributed by atoms with Crippen molar-refractivity contribution in [2.75, 3.05) is 19.6 Å². The van der Waals surface area contributed by atoms with Crippen molar-refractivity contribution in [3.05, 3.63) is 0 Å². The predicted molar refractivity (Wildman–Crippen MR) is 50.2 cm³/mol. The lowest BCUT2D eigenvalue weighted by Gasteiger charge is -2.40. The molecule has 13 heavy (non-hydrogen) atoms. The lowest BCUT2D eigenvalue weighted by Crippen LogP contribution is -2.52. The first kappa shape index (κ1) is 8.97. The van der Waals surface area contributed by atoms with Crippen LogP contribution in [0.2, 0.25) is 0 Å². The highest BCUT2D eigenvalue weighted by Gasteiger charge is 2.32. The van der Waals surface area contributed by atoms with E-state index in [0.29, 0.717) is 18.6 Å². The van der Waals surface area contributed by atoms with Gasteiger partial charge in [-0.1, -0.05) is 0 Å². The lowest BCUT2D eigenvalue weighted by atomic mass is 9.86. The topological polar surface area (TPSA) is 58.4 Å². The van der Waals surface area contributed by atoms with Crippen LogP contribution in [0.15, 0.2) is 0 Å². The molecule has 4 nitrogen and oxygen atoms in total. The van der Waals surface area contributed by atoms with E-state index in [0.717, 1.165) is 32.4 Å². The molecule has 4 heteroatoms. The van der Waals surface area contributed by atoms with Gasteiger partial charge in [0.05, 0.1) is 6.54 Å². The van der Waals surface area contributed by atoms with Crippen molar-refractivity contribution in [1.82, 2.24) is 10.2 Å². The molecule has 74 valence electrons. The van der Waals surface area contributed by atoms with Crippen LogP contribution in [0.1, 0.15) is 19.3 Å². The Morgan fingerprint density at radius 2 is 2.23 bits per heavy atom. The monoisotopic (exact) mass is 183 g/mol. The minimum absolute atomic E-state index is 0.165. The Labute approximate surface area is 78.5 Å². The van der Waals surface area contributed by atoms with Gasteiger partial charge >= 0.3 is 0 Å². The normalized spacial score (nSPS) is 36.2. The molecule has 1 saturated heterocycles. The molecule has 0 aromatic heterocycles. The smallest absolute Gasteiger partial charge is 0.234 e. The van der Waals surface area contributed by atoms with Crippen LogP contribution < -0.4 is 11.1 Å². The predicted octanol–water partition coefficient (Wildman–Crippen LogP) is -0.702. The Morgan fingerprint density at radius 3 is 2.92 bits per heavy atom. The van der Waals surface area contributed by atoms with Gasteiger partial charge in [-0.3, -0.25) is 9.69 Å². The van der Waals surface area contributed by atoms with Gasteiger partial charge in [0.2, 0.25) is 5.91 Å². The molecular formula is C9H17N3O. The zero-order valence-electron chi connectivity index (χ0n) is 7.83. The van der Waals surface area contributed by atoms with Gasteiger partial charge in [0, 0.05) is 25.2 Å². The zero-order valence-corrected chi connectivity index (χ0v) is 7.83. The minimum atomic E-state index is 0.165. The first-order valence-electron chi connectivity index (χ1n) is 5.02. The maximum Gasteiger partial charge on any atom is 0.234 e. The zero-order chi connectivity index (χ0) is 9.26. The van der Waals surface area contributed by atoms with Crippen molar-refractivity contribution in [2.24, 2.45) is 5.73 Å². The molecule has 1 heterocycles. The van der Waals surface area contributed by atoms with Gasteiger partial charge in [-0.2, -0.15) is 0 Å². The molecule has 1 saturated carbocycles. The molecule has 0 unspecified atom stereocenters. The molecule has 0 aromatic rings. The number of hydrogen-bond donors (Lipinski definition) is 2. The van der Waals surface area contributed by atoms with E-state index >= 15 is 0 Å². The number of amides is 1. The fraction of sp³-hybridized carbons (Fsp3) is 0.889. The van der Waals surface area contributed by atoms with Crippen LogP contribution in [0.3, 0.4) is 0 Å². The van der Waals surface area contributed by atoms with Crippen LogP contribution in [-0.2, 0) is 4.79 Å². The molecule has 0 spiro atoms. The van der Waals surface area contributed by atoms with Gasteiger partial charge in [-0.15, -0.1) is 0 Å². The summed E-state index contributed by atoms with van der Waals surface area (Å²) in [5.74, 6) is 0.165. The van der Waals surface area contributed by atoms with Crippen LogP contribution in [0.25, 0.3) is 0 Å². The van der Waals surface area contributed by atoms with E-state index in [9.17, 15) is 4.79 Å². The Morgan fingerprint density at radius 1 is 1.46 bits per heavy atom. The maximum absolute atomic E-state index is 11.2. The standard InChI is InChI=1S/C9H17N3O/c10-7-4-8(5-7)12-3-1-2-11-9(13)6-12/h7-8H,1-6,10H2,(H,11,13). The van der Waals surface area contributed by atoms with Gasteiger partial charge in [0.25, 0.3) is 0 Å². The second-order valence-corrected chi connectivity index (χ2v) is 4.06. The van der Waals surface area contributed by atoms with Crippen molar-refractivity contribution in [2.45, 2.75) is 31.3 Å². The molecule has 0 bridgehead atoms. The second kappa shape index (κ2) is 3.64. The van der Waals surface area contributed by atoms with Gasteiger partial charge < -0.3 is 11.1 Å². The van der Waals surface area contributed by atoms with Crippen LogP contribution in [0.4, 0.5) is 0 Å². The number of rotatable bonds is 1.